The molecule has 5 aromatic rings. The molecule has 48 heavy (non-hydrogen) atoms. The molecule has 1 unspecified atom stereocenters. The molecular formula is C34H28ClN5O7S. The lowest BCUT2D eigenvalue weighted by Gasteiger charge is -2.25. The molecule has 244 valence electrons. The number of hydrogen-bond donors (Lipinski definition) is 2. The minimum Gasteiger partial charge on any atom is -0.495 e. The summed E-state index contributed by atoms with van der Waals surface area (Å²) in [7, 11) is -1.54. The van der Waals surface area contributed by atoms with E-state index in [1.54, 1.807) is 66.7 Å². The quantitative estimate of drug-likeness (QED) is 0.158. The van der Waals surface area contributed by atoms with Crippen LogP contribution in [0.5, 0.6) is 5.75 Å². The highest BCUT2D eigenvalue weighted by molar-refractivity contribution is 7.92. The van der Waals surface area contributed by atoms with Crippen LogP contribution in [0.4, 0.5) is 16.2 Å². The van der Waals surface area contributed by atoms with Gasteiger partial charge in [-0.15, -0.1) is 0 Å². The molecule has 2 heterocycles. The third-order valence-corrected chi connectivity index (χ3v) is 9.46. The third kappa shape index (κ3) is 5.96. The number of imide groups is 1. The molecule has 4 aromatic carbocycles. The molecule has 1 aliphatic rings. The lowest BCUT2D eigenvalue weighted by molar-refractivity contribution is -0.131. The summed E-state index contributed by atoms with van der Waals surface area (Å²) in [4.78, 5) is 56.8. The first-order valence-corrected chi connectivity index (χ1v) is 16.4. The first-order chi connectivity index (χ1) is 23.0. The number of carbonyl (C=O) groups excluding carboxylic acids is 4. The van der Waals surface area contributed by atoms with Gasteiger partial charge >= 0.3 is 6.03 Å². The topological polar surface area (TPSA) is 147 Å². The predicted molar refractivity (Wildman–Crippen MR) is 181 cm³/mol. The Morgan fingerprint density at radius 2 is 1.56 bits per heavy atom. The fourth-order valence-corrected chi connectivity index (χ4v) is 6.81. The second-order valence-electron chi connectivity index (χ2n) is 10.9. The number of urea groups is 1. The van der Waals surface area contributed by atoms with E-state index in [9.17, 15) is 27.6 Å². The highest BCUT2D eigenvalue weighted by atomic mass is 35.5. The number of para-hydroxylation sites is 2. The number of halogens is 1. The van der Waals surface area contributed by atoms with Crippen LogP contribution in [0.2, 0.25) is 5.02 Å². The van der Waals surface area contributed by atoms with Gasteiger partial charge in [0.25, 0.3) is 27.7 Å². The molecule has 1 aromatic heterocycles. The second kappa shape index (κ2) is 12.9. The molecule has 4 amide bonds. The number of hydrogen-bond acceptors (Lipinski definition) is 7. The largest absolute Gasteiger partial charge is 0.495 e. The van der Waals surface area contributed by atoms with Crippen molar-refractivity contribution in [3.8, 4) is 17.0 Å². The Bertz CT molecular complexity index is 2200. The molecule has 1 atom stereocenters. The molecule has 1 aliphatic heterocycles. The number of nitrogens with one attached hydrogen (secondary N) is 2. The van der Waals surface area contributed by atoms with Crippen molar-refractivity contribution in [1.29, 1.82) is 0 Å². The number of sulfonamides is 1. The van der Waals surface area contributed by atoms with E-state index in [4.69, 9.17) is 16.3 Å². The average Bonchev–Trinajstić information content (AvgIpc) is 3.58. The maximum atomic E-state index is 14.6. The van der Waals surface area contributed by atoms with Gasteiger partial charge in [0.15, 0.2) is 6.04 Å². The predicted octanol–water partition coefficient (Wildman–Crippen LogP) is 5.31. The summed E-state index contributed by atoms with van der Waals surface area (Å²) in [6, 6.07) is 24.9. The Labute approximate surface area is 280 Å². The van der Waals surface area contributed by atoms with Crippen LogP contribution < -0.4 is 14.8 Å². The number of benzene rings is 4. The molecular weight excluding hydrogens is 658 g/mol. The Kier molecular flexibility index (Phi) is 8.65. The first-order valence-electron chi connectivity index (χ1n) is 14.5. The van der Waals surface area contributed by atoms with Gasteiger partial charge in [-0.25, -0.2) is 18.1 Å². The fourth-order valence-electron chi connectivity index (χ4n) is 5.47. The number of methoxy groups -OCH3 is 1. The van der Waals surface area contributed by atoms with Crippen molar-refractivity contribution in [2.45, 2.75) is 10.9 Å². The fraction of sp³-hybridized carbons (Fsp3) is 0.118. The molecule has 0 aliphatic carbocycles. The van der Waals surface area contributed by atoms with Crippen LogP contribution in [0.1, 0.15) is 4.79 Å². The summed E-state index contributed by atoms with van der Waals surface area (Å²) < 4.78 is 35.8. The van der Waals surface area contributed by atoms with E-state index in [2.05, 4.69) is 10.0 Å². The van der Waals surface area contributed by atoms with Crippen molar-refractivity contribution in [1.82, 2.24) is 14.4 Å². The molecule has 14 heteroatoms. The van der Waals surface area contributed by atoms with E-state index < -0.39 is 39.8 Å². The van der Waals surface area contributed by atoms with E-state index in [0.717, 1.165) is 11.0 Å². The summed E-state index contributed by atoms with van der Waals surface area (Å²) in [5.74, 6) is -2.66. The number of anilines is 2. The summed E-state index contributed by atoms with van der Waals surface area (Å²) in [5.41, 5.74) is 1.54. The van der Waals surface area contributed by atoms with Crippen molar-refractivity contribution < 1.29 is 32.3 Å². The van der Waals surface area contributed by atoms with Gasteiger partial charge in [0.2, 0.25) is 0 Å². The van der Waals surface area contributed by atoms with Crippen molar-refractivity contribution in [3.05, 3.63) is 108 Å². The Morgan fingerprint density at radius 1 is 0.875 bits per heavy atom. The summed E-state index contributed by atoms with van der Waals surface area (Å²) in [6.07, 6.45) is 0. The summed E-state index contributed by atoms with van der Waals surface area (Å²) >= 11 is 6.15. The van der Waals surface area contributed by atoms with Crippen molar-refractivity contribution >= 4 is 67.7 Å². The zero-order chi connectivity index (χ0) is 34.2. The van der Waals surface area contributed by atoms with Crippen LogP contribution in [-0.4, -0.2) is 73.3 Å². The van der Waals surface area contributed by atoms with Gasteiger partial charge < -0.3 is 15.0 Å². The number of aromatic nitrogens is 1. The van der Waals surface area contributed by atoms with Gasteiger partial charge in [-0.1, -0.05) is 72.3 Å². The van der Waals surface area contributed by atoms with Crippen molar-refractivity contribution in [2.24, 2.45) is 0 Å². The highest BCUT2D eigenvalue weighted by Gasteiger charge is 2.47. The number of amides is 4. The summed E-state index contributed by atoms with van der Waals surface area (Å²) in [5, 5.41) is 3.41. The van der Waals surface area contributed by atoms with Crippen LogP contribution in [-0.2, 0) is 19.6 Å². The second-order valence-corrected chi connectivity index (χ2v) is 13.0. The Balaban J connectivity index is 1.43. The number of nitrogens with zero attached hydrogens (tertiary/aromatic N) is 3. The number of rotatable bonds is 9. The Morgan fingerprint density at radius 3 is 2.25 bits per heavy atom. The molecule has 0 radical (unpaired) electrons. The monoisotopic (exact) mass is 685 g/mol. The molecule has 2 N–H and O–H groups in total. The number of likely N-dealkylation sites (N-methyl/N-ethyl adjacent to an activating group) is 1. The number of fused-ring (bicyclic) bond motifs is 1. The van der Waals surface area contributed by atoms with E-state index in [-0.39, 0.29) is 33.6 Å². The zero-order valence-electron chi connectivity index (χ0n) is 25.6. The molecule has 6 rings (SSSR count). The van der Waals surface area contributed by atoms with Gasteiger partial charge in [-0.2, -0.15) is 0 Å². The molecule has 0 spiro atoms. The zero-order valence-corrected chi connectivity index (χ0v) is 27.2. The summed E-state index contributed by atoms with van der Waals surface area (Å²) in [6.45, 7) is -0.349. The number of ether oxygens (including phenoxy) is 1. The normalized spacial score (nSPS) is 13.9. The molecule has 1 fully saturated rings. The van der Waals surface area contributed by atoms with E-state index in [1.807, 2.05) is 6.07 Å². The van der Waals surface area contributed by atoms with Crippen LogP contribution in [0, 0.1) is 0 Å². The van der Waals surface area contributed by atoms with Crippen LogP contribution >= 0.6 is 11.6 Å². The highest BCUT2D eigenvalue weighted by Crippen LogP contribution is 2.33. The lowest BCUT2D eigenvalue weighted by atomic mass is 10.1. The third-order valence-electron chi connectivity index (χ3n) is 7.77. The van der Waals surface area contributed by atoms with Crippen molar-refractivity contribution in [3.63, 3.8) is 0 Å². The van der Waals surface area contributed by atoms with E-state index >= 15 is 0 Å². The average molecular weight is 686 g/mol. The molecule has 1 saturated heterocycles. The van der Waals surface area contributed by atoms with Crippen LogP contribution in [0.15, 0.2) is 108 Å². The van der Waals surface area contributed by atoms with Crippen molar-refractivity contribution in [2.75, 3.05) is 30.7 Å². The van der Waals surface area contributed by atoms with Crippen LogP contribution in [0.25, 0.3) is 22.2 Å². The minimum absolute atomic E-state index is 0.0545. The lowest BCUT2D eigenvalue weighted by Crippen LogP contribution is -2.53. The maximum Gasteiger partial charge on any atom is 0.328 e. The van der Waals surface area contributed by atoms with Gasteiger partial charge in [0.1, 0.15) is 12.3 Å². The van der Waals surface area contributed by atoms with Gasteiger partial charge in [-0.05, 0) is 48.0 Å². The smallest absolute Gasteiger partial charge is 0.328 e. The SMILES string of the molecule is COc1ccc(S(=O)(=O)Nc2ccccc2Cl)cc1NC(=O)C(C(=O)n1c(-c2ccccc2)cc2ccccc21)N1C(=O)CN(C)C1=O. The minimum atomic E-state index is -4.23. The molecule has 0 bridgehead atoms. The van der Waals surface area contributed by atoms with Gasteiger partial charge in [0, 0.05) is 12.4 Å². The van der Waals surface area contributed by atoms with Gasteiger partial charge in [-0.3, -0.25) is 23.7 Å². The van der Waals surface area contributed by atoms with Gasteiger partial charge in [0.05, 0.1) is 39.6 Å². The van der Waals surface area contributed by atoms with Crippen LogP contribution in [0.3, 0.4) is 0 Å². The first kappa shape index (κ1) is 32.3. The molecule has 0 saturated carbocycles. The molecule has 12 nitrogen and oxygen atoms in total. The van der Waals surface area contributed by atoms with E-state index in [0.29, 0.717) is 27.1 Å². The standard InChI is InChI=1S/C34H28ClN5O7S/c1-38-20-30(41)40(34(38)44)31(33(43)39-27-15-9-6-12-22(27)18-28(39)21-10-4-3-5-11-21)32(42)36-26-19-23(16-17-29(26)47-2)48(45,46)37-25-14-8-7-13-24(25)35/h3-19,31,37H,20H2,1-2H3,(H,36,42). The number of carbonyl (C=O) groups is 4. The Hall–Kier alpha value is -5.66. The maximum absolute atomic E-state index is 14.6. The van der Waals surface area contributed by atoms with E-state index in [1.165, 1.54) is 43.0 Å².